The smallest absolute Gasteiger partial charge is 0.0609 e. The molecule has 2 aliphatic rings. The van der Waals surface area contributed by atoms with Gasteiger partial charge in [0.2, 0.25) is 0 Å². The van der Waals surface area contributed by atoms with E-state index in [1.54, 1.807) is 0 Å². The Bertz CT molecular complexity index is 406. The second-order valence-corrected chi connectivity index (χ2v) is 5.34. The topological polar surface area (TPSA) is 32.5 Å². The minimum atomic E-state index is 0.247. The Morgan fingerprint density at radius 1 is 1.18 bits per heavy atom. The molecular weight excluding hydrogens is 210 g/mol. The Balaban J connectivity index is 2.00. The number of benzene rings is 1. The van der Waals surface area contributed by atoms with E-state index < -0.39 is 0 Å². The van der Waals surface area contributed by atoms with Gasteiger partial charge in [-0.2, -0.15) is 0 Å². The number of nitrogens with zero attached hydrogens (tertiary/aromatic N) is 2. The zero-order valence-corrected chi connectivity index (χ0v) is 10.5. The minimum absolute atomic E-state index is 0.247. The van der Waals surface area contributed by atoms with Gasteiger partial charge in [0, 0.05) is 26.7 Å². The summed E-state index contributed by atoms with van der Waals surface area (Å²) in [6, 6.07) is 8.70. The van der Waals surface area contributed by atoms with E-state index in [4.69, 9.17) is 5.73 Å². The molecule has 1 aromatic carbocycles. The van der Waals surface area contributed by atoms with Crippen molar-refractivity contribution >= 4 is 11.4 Å². The number of para-hydroxylation sites is 2. The predicted octanol–water partition coefficient (Wildman–Crippen LogP) is 1.82. The summed E-state index contributed by atoms with van der Waals surface area (Å²) in [6.07, 6.45) is 3.83. The third-order valence-corrected chi connectivity index (χ3v) is 4.48. The highest BCUT2D eigenvalue weighted by atomic mass is 15.3. The van der Waals surface area contributed by atoms with E-state index in [1.807, 2.05) is 0 Å². The van der Waals surface area contributed by atoms with Crippen LogP contribution in [0.1, 0.15) is 19.3 Å². The predicted molar refractivity (Wildman–Crippen MR) is 72.7 cm³/mol. The van der Waals surface area contributed by atoms with Crippen molar-refractivity contribution in [1.29, 1.82) is 0 Å². The molecule has 3 nitrogen and oxygen atoms in total. The lowest BCUT2D eigenvalue weighted by atomic mass is 9.74. The SMILES string of the molecule is CN1CCN(C2(CN)CCC2)c2ccccc21. The Morgan fingerprint density at radius 3 is 2.47 bits per heavy atom. The fourth-order valence-corrected chi connectivity index (χ4v) is 3.17. The highest BCUT2D eigenvalue weighted by molar-refractivity contribution is 5.74. The molecule has 1 aliphatic carbocycles. The van der Waals surface area contributed by atoms with E-state index in [0.717, 1.165) is 19.6 Å². The van der Waals surface area contributed by atoms with Gasteiger partial charge in [0.05, 0.1) is 16.9 Å². The molecule has 1 fully saturated rings. The van der Waals surface area contributed by atoms with Crippen molar-refractivity contribution in [2.75, 3.05) is 36.5 Å². The van der Waals surface area contributed by atoms with Crippen molar-refractivity contribution in [3.63, 3.8) is 0 Å². The van der Waals surface area contributed by atoms with Crippen molar-refractivity contribution < 1.29 is 0 Å². The number of anilines is 2. The summed E-state index contributed by atoms with van der Waals surface area (Å²) in [6.45, 7) is 2.98. The van der Waals surface area contributed by atoms with Gasteiger partial charge in [0.25, 0.3) is 0 Å². The summed E-state index contributed by atoms with van der Waals surface area (Å²) >= 11 is 0. The molecular formula is C14H21N3. The number of rotatable bonds is 2. The first kappa shape index (κ1) is 10.9. The molecule has 1 heterocycles. The fraction of sp³-hybridized carbons (Fsp3) is 0.571. The molecule has 0 saturated heterocycles. The highest BCUT2D eigenvalue weighted by Gasteiger charge is 2.43. The Labute approximate surface area is 103 Å². The maximum absolute atomic E-state index is 6.04. The van der Waals surface area contributed by atoms with Crippen molar-refractivity contribution in [2.24, 2.45) is 5.73 Å². The summed E-state index contributed by atoms with van der Waals surface area (Å²) in [5.41, 5.74) is 9.00. The van der Waals surface area contributed by atoms with Crippen LogP contribution in [0.4, 0.5) is 11.4 Å². The van der Waals surface area contributed by atoms with Gasteiger partial charge in [-0.05, 0) is 31.4 Å². The van der Waals surface area contributed by atoms with Crippen molar-refractivity contribution in [1.82, 2.24) is 0 Å². The van der Waals surface area contributed by atoms with E-state index in [-0.39, 0.29) is 5.54 Å². The molecule has 1 aromatic rings. The van der Waals surface area contributed by atoms with E-state index in [0.29, 0.717) is 0 Å². The van der Waals surface area contributed by atoms with Crippen LogP contribution >= 0.6 is 0 Å². The third-order valence-electron chi connectivity index (χ3n) is 4.48. The van der Waals surface area contributed by atoms with Crippen LogP contribution in [0, 0.1) is 0 Å². The summed E-state index contributed by atoms with van der Waals surface area (Å²) in [7, 11) is 2.17. The van der Waals surface area contributed by atoms with E-state index in [9.17, 15) is 0 Å². The molecule has 2 N–H and O–H groups in total. The minimum Gasteiger partial charge on any atom is -0.371 e. The summed E-state index contributed by atoms with van der Waals surface area (Å²) in [4.78, 5) is 4.90. The monoisotopic (exact) mass is 231 g/mol. The second kappa shape index (κ2) is 3.91. The van der Waals surface area contributed by atoms with Crippen LogP contribution in [0.25, 0.3) is 0 Å². The standard InChI is InChI=1S/C14H21N3/c1-16-9-10-17(14(11-15)7-4-8-14)13-6-3-2-5-12(13)16/h2-3,5-6H,4,7-11,15H2,1H3. The Kier molecular flexibility index (Phi) is 2.51. The molecule has 92 valence electrons. The van der Waals surface area contributed by atoms with Gasteiger partial charge in [-0.15, -0.1) is 0 Å². The molecule has 0 amide bonds. The average Bonchev–Trinajstić information content (AvgIpc) is 2.32. The average molecular weight is 231 g/mol. The highest BCUT2D eigenvalue weighted by Crippen LogP contribution is 2.44. The van der Waals surface area contributed by atoms with Gasteiger partial charge in [-0.25, -0.2) is 0 Å². The van der Waals surface area contributed by atoms with Gasteiger partial charge in [-0.1, -0.05) is 12.1 Å². The van der Waals surface area contributed by atoms with Crippen LogP contribution in [0.5, 0.6) is 0 Å². The van der Waals surface area contributed by atoms with Crippen molar-refractivity contribution in [2.45, 2.75) is 24.8 Å². The lowest BCUT2D eigenvalue weighted by molar-refractivity contribution is 0.235. The van der Waals surface area contributed by atoms with Gasteiger partial charge < -0.3 is 15.5 Å². The third kappa shape index (κ3) is 1.53. The lowest BCUT2D eigenvalue weighted by Crippen LogP contribution is -2.61. The number of likely N-dealkylation sites (N-methyl/N-ethyl adjacent to an activating group) is 1. The molecule has 0 radical (unpaired) electrons. The lowest BCUT2D eigenvalue weighted by Gasteiger charge is -2.54. The molecule has 0 unspecified atom stereocenters. The first-order chi connectivity index (χ1) is 8.27. The second-order valence-electron chi connectivity index (χ2n) is 5.34. The first-order valence-corrected chi connectivity index (χ1v) is 6.55. The molecule has 0 aromatic heterocycles. The molecule has 3 heteroatoms. The molecule has 0 bridgehead atoms. The van der Waals surface area contributed by atoms with Gasteiger partial charge >= 0.3 is 0 Å². The number of hydrogen-bond acceptors (Lipinski definition) is 3. The van der Waals surface area contributed by atoms with Crippen LogP contribution in [0.15, 0.2) is 24.3 Å². The summed E-state index contributed by atoms with van der Waals surface area (Å²) in [5, 5.41) is 0. The maximum atomic E-state index is 6.04. The van der Waals surface area contributed by atoms with Crippen LogP contribution in [0.2, 0.25) is 0 Å². The van der Waals surface area contributed by atoms with Gasteiger partial charge in [0.1, 0.15) is 0 Å². The largest absolute Gasteiger partial charge is 0.371 e. The first-order valence-electron chi connectivity index (χ1n) is 6.55. The van der Waals surface area contributed by atoms with Crippen molar-refractivity contribution in [3.8, 4) is 0 Å². The number of nitrogens with two attached hydrogens (primary N) is 1. The molecule has 1 saturated carbocycles. The van der Waals surface area contributed by atoms with Crippen LogP contribution in [-0.2, 0) is 0 Å². The zero-order valence-electron chi connectivity index (χ0n) is 10.5. The Hall–Kier alpha value is -1.22. The fourth-order valence-electron chi connectivity index (χ4n) is 3.17. The summed E-state index contributed by atoms with van der Waals surface area (Å²) in [5.74, 6) is 0. The molecule has 1 aliphatic heterocycles. The van der Waals surface area contributed by atoms with E-state index in [2.05, 4.69) is 41.1 Å². The number of fused-ring (bicyclic) bond motifs is 1. The van der Waals surface area contributed by atoms with Crippen LogP contribution < -0.4 is 15.5 Å². The molecule has 0 spiro atoms. The van der Waals surface area contributed by atoms with Crippen molar-refractivity contribution in [3.05, 3.63) is 24.3 Å². The normalized spacial score (nSPS) is 22.0. The van der Waals surface area contributed by atoms with Gasteiger partial charge in [0.15, 0.2) is 0 Å². The Morgan fingerprint density at radius 2 is 1.88 bits per heavy atom. The quantitative estimate of drug-likeness (QED) is 0.842. The van der Waals surface area contributed by atoms with E-state index >= 15 is 0 Å². The molecule has 3 rings (SSSR count). The maximum Gasteiger partial charge on any atom is 0.0609 e. The zero-order chi connectivity index (χ0) is 11.9. The van der Waals surface area contributed by atoms with E-state index in [1.165, 1.54) is 30.6 Å². The van der Waals surface area contributed by atoms with Crippen LogP contribution in [-0.4, -0.2) is 32.2 Å². The molecule has 17 heavy (non-hydrogen) atoms. The summed E-state index contributed by atoms with van der Waals surface area (Å²) < 4.78 is 0. The van der Waals surface area contributed by atoms with Gasteiger partial charge in [-0.3, -0.25) is 0 Å². The van der Waals surface area contributed by atoms with Crippen LogP contribution in [0.3, 0.4) is 0 Å². The number of hydrogen-bond donors (Lipinski definition) is 1. The molecule has 0 atom stereocenters.